The van der Waals surface area contributed by atoms with E-state index in [4.69, 9.17) is 14.2 Å². The van der Waals surface area contributed by atoms with Gasteiger partial charge in [-0.3, -0.25) is 4.90 Å². The van der Waals surface area contributed by atoms with Crippen molar-refractivity contribution in [2.45, 2.75) is 32.2 Å². The number of halogens is 1. The third kappa shape index (κ3) is 6.83. The molecule has 3 atom stereocenters. The van der Waals surface area contributed by atoms with Crippen molar-refractivity contribution in [1.29, 1.82) is 0 Å². The maximum absolute atomic E-state index is 12.7. The van der Waals surface area contributed by atoms with Crippen molar-refractivity contribution in [3.05, 3.63) is 30.1 Å². The zero-order valence-corrected chi connectivity index (χ0v) is 13.8. The Kier molecular flexibility index (Phi) is 7.23. The van der Waals surface area contributed by atoms with Crippen LogP contribution in [0.15, 0.2) is 24.3 Å². The number of benzene rings is 1. The Balaban J connectivity index is 1.56. The first-order chi connectivity index (χ1) is 11.0. The number of aliphatic hydroxyl groups is 1. The molecule has 5 nitrogen and oxygen atoms in total. The molecule has 3 unspecified atom stereocenters. The molecule has 1 saturated heterocycles. The number of hydrogen-bond acceptors (Lipinski definition) is 5. The van der Waals surface area contributed by atoms with Crippen molar-refractivity contribution in [3.8, 4) is 5.75 Å². The number of hydrogen-bond donors (Lipinski definition) is 1. The molecule has 0 aliphatic carbocycles. The molecular formula is C17H26FNO4. The Hall–Kier alpha value is -1.21. The van der Waals surface area contributed by atoms with Gasteiger partial charge < -0.3 is 19.3 Å². The maximum Gasteiger partial charge on any atom is 0.123 e. The highest BCUT2D eigenvalue weighted by molar-refractivity contribution is 5.21. The molecule has 0 spiro atoms. The van der Waals surface area contributed by atoms with Crippen LogP contribution in [0.4, 0.5) is 4.39 Å². The van der Waals surface area contributed by atoms with Crippen LogP contribution in [-0.2, 0) is 9.47 Å². The molecule has 1 heterocycles. The number of morpholine rings is 1. The van der Waals surface area contributed by atoms with Crippen LogP contribution in [0.25, 0.3) is 0 Å². The minimum absolute atomic E-state index is 0.191. The molecule has 0 aromatic heterocycles. The summed E-state index contributed by atoms with van der Waals surface area (Å²) in [6.45, 7) is 7.33. The first-order valence-electron chi connectivity index (χ1n) is 8.05. The van der Waals surface area contributed by atoms with Gasteiger partial charge in [-0.15, -0.1) is 0 Å². The van der Waals surface area contributed by atoms with E-state index < -0.39 is 6.10 Å². The van der Waals surface area contributed by atoms with Crippen LogP contribution in [0, 0.1) is 5.82 Å². The van der Waals surface area contributed by atoms with Crippen LogP contribution < -0.4 is 4.74 Å². The fourth-order valence-electron chi connectivity index (χ4n) is 2.75. The molecule has 0 bridgehead atoms. The van der Waals surface area contributed by atoms with E-state index in [1.165, 1.54) is 12.1 Å². The summed E-state index contributed by atoms with van der Waals surface area (Å²) >= 11 is 0. The molecule has 1 N–H and O–H groups in total. The number of nitrogens with zero attached hydrogens (tertiary/aromatic N) is 1. The summed E-state index contributed by atoms with van der Waals surface area (Å²) in [7, 11) is 0. The van der Waals surface area contributed by atoms with Crippen molar-refractivity contribution in [2.24, 2.45) is 0 Å². The molecule has 1 fully saturated rings. The highest BCUT2D eigenvalue weighted by atomic mass is 19.1. The zero-order chi connectivity index (χ0) is 16.7. The molecule has 0 saturated carbocycles. The quantitative estimate of drug-likeness (QED) is 0.737. The molecule has 1 aromatic carbocycles. The highest BCUT2D eigenvalue weighted by Crippen LogP contribution is 2.12. The van der Waals surface area contributed by atoms with Gasteiger partial charge in [0, 0.05) is 19.6 Å². The van der Waals surface area contributed by atoms with Crippen LogP contribution >= 0.6 is 0 Å². The summed E-state index contributed by atoms with van der Waals surface area (Å²) in [6, 6.07) is 5.85. The lowest BCUT2D eigenvalue weighted by atomic mass is 10.2. The predicted octanol–water partition coefficient (Wildman–Crippen LogP) is 1.69. The summed E-state index contributed by atoms with van der Waals surface area (Å²) in [5, 5.41) is 10.0. The summed E-state index contributed by atoms with van der Waals surface area (Å²) < 4.78 is 29.3. The van der Waals surface area contributed by atoms with E-state index in [-0.39, 0.29) is 24.6 Å². The van der Waals surface area contributed by atoms with E-state index in [9.17, 15) is 9.50 Å². The van der Waals surface area contributed by atoms with E-state index >= 15 is 0 Å². The first kappa shape index (κ1) is 18.1. The molecular weight excluding hydrogens is 301 g/mol. The lowest BCUT2D eigenvalue weighted by molar-refractivity contribution is -0.0824. The summed E-state index contributed by atoms with van der Waals surface area (Å²) in [4.78, 5) is 2.20. The number of rotatable bonds is 8. The van der Waals surface area contributed by atoms with Gasteiger partial charge in [-0.2, -0.15) is 0 Å². The normalized spacial score (nSPS) is 23.7. The average Bonchev–Trinajstić information content (AvgIpc) is 2.47. The van der Waals surface area contributed by atoms with Crippen LogP contribution in [0.3, 0.4) is 0 Å². The van der Waals surface area contributed by atoms with E-state index in [1.54, 1.807) is 12.1 Å². The predicted molar refractivity (Wildman–Crippen MR) is 85.2 cm³/mol. The van der Waals surface area contributed by atoms with Gasteiger partial charge in [0.1, 0.15) is 18.2 Å². The van der Waals surface area contributed by atoms with Crippen molar-refractivity contribution < 1.29 is 23.7 Å². The van der Waals surface area contributed by atoms with Crippen LogP contribution in [0.2, 0.25) is 0 Å². The standard InChI is InChI=1S/C17H26FNO4/c1-13-9-19(10-14(2)23-13)11-16(20)12-21-7-8-22-17-5-3-15(18)4-6-17/h3-6,13-14,16,20H,7-12H2,1-2H3. The Morgan fingerprint density at radius 2 is 1.87 bits per heavy atom. The number of ether oxygens (including phenoxy) is 3. The number of aliphatic hydroxyl groups excluding tert-OH is 1. The van der Waals surface area contributed by atoms with Gasteiger partial charge >= 0.3 is 0 Å². The van der Waals surface area contributed by atoms with E-state index in [0.29, 0.717) is 25.5 Å². The molecule has 2 rings (SSSR count). The first-order valence-corrected chi connectivity index (χ1v) is 8.05. The van der Waals surface area contributed by atoms with E-state index in [0.717, 1.165) is 13.1 Å². The van der Waals surface area contributed by atoms with E-state index in [1.807, 2.05) is 13.8 Å². The Morgan fingerprint density at radius 3 is 2.52 bits per heavy atom. The highest BCUT2D eigenvalue weighted by Gasteiger charge is 2.23. The smallest absolute Gasteiger partial charge is 0.123 e. The van der Waals surface area contributed by atoms with Crippen molar-refractivity contribution in [1.82, 2.24) is 4.90 Å². The van der Waals surface area contributed by atoms with Gasteiger partial charge in [0.2, 0.25) is 0 Å². The third-order valence-electron chi connectivity index (χ3n) is 3.58. The summed E-state index contributed by atoms with van der Waals surface area (Å²) in [5.74, 6) is 0.315. The largest absolute Gasteiger partial charge is 0.491 e. The Labute approximate surface area is 137 Å². The molecule has 23 heavy (non-hydrogen) atoms. The Bertz CT molecular complexity index is 446. The minimum Gasteiger partial charge on any atom is -0.491 e. The minimum atomic E-state index is -0.529. The topological polar surface area (TPSA) is 51.2 Å². The fraction of sp³-hybridized carbons (Fsp3) is 0.647. The Morgan fingerprint density at radius 1 is 1.22 bits per heavy atom. The zero-order valence-electron chi connectivity index (χ0n) is 13.8. The molecule has 1 aliphatic rings. The molecule has 1 aliphatic heterocycles. The maximum atomic E-state index is 12.7. The van der Waals surface area contributed by atoms with Gasteiger partial charge in [0.05, 0.1) is 31.5 Å². The van der Waals surface area contributed by atoms with Crippen molar-refractivity contribution in [2.75, 3.05) is 39.5 Å². The van der Waals surface area contributed by atoms with Gasteiger partial charge in [-0.05, 0) is 38.1 Å². The molecule has 0 radical (unpaired) electrons. The fourth-order valence-corrected chi connectivity index (χ4v) is 2.75. The molecule has 1 aromatic rings. The summed E-state index contributed by atoms with van der Waals surface area (Å²) in [5.41, 5.74) is 0. The molecule has 0 amide bonds. The van der Waals surface area contributed by atoms with Crippen molar-refractivity contribution >= 4 is 0 Å². The van der Waals surface area contributed by atoms with Gasteiger partial charge in [-0.1, -0.05) is 0 Å². The second-order valence-electron chi connectivity index (χ2n) is 6.01. The second-order valence-corrected chi connectivity index (χ2v) is 6.01. The third-order valence-corrected chi connectivity index (χ3v) is 3.58. The molecule has 130 valence electrons. The second kappa shape index (κ2) is 9.17. The average molecular weight is 327 g/mol. The SMILES string of the molecule is CC1CN(CC(O)COCCOc2ccc(F)cc2)CC(C)O1. The van der Waals surface area contributed by atoms with Crippen LogP contribution in [0.1, 0.15) is 13.8 Å². The lowest BCUT2D eigenvalue weighted by Crippen LogP contribution is -2.48. The van der Waals surface area contributed by atoms with Crippen molar-refractivity contribution in [3.63, 3.8) is 0 Å². The molecule has 6 heteroatoms. The van der Waals surface area contributed by atoms with Crippen LogP contribution in [-0.4, -0.2) is 67.8 Å². The monoisotopic (exact) mass is 327 g/mol. The van der Waals surface area contributed by atoms with Gasteiger partial charge in [0.25, 0.3) is 0 Å². The summed E-state index contributed by atoms with van der Waals surface area (Å²) in [6.07, 6.45) is -0.148. The van der Waals surface area contributed by atoms with Gasteiger partial charge in [0.15, 0.2) is 0 Å². The van der Waals surface area contributed by atoms with E-state index in [2.05, 4.69) is 4.90 Å². The number of β-amino-alcohol motifs (C(OH)–C–C–N with tert-alkyl or cyclic N) is 1. The van der Waals surface area contributed by atoms with Gasteiger partial charge in [-0.25, -0.2) is 4.39 Å². The lowest BCUT2D eigenvalue weighted by Gasteiger charge is -2.36. The van der Waals surface area contributed by atoms with Crippen LogP contribution in [0.5, 0.6) is 5.75 Å².